The molecule has 1 amide bonds. The van der Waals surface area contributed by atoms with Gasteiger partial charge in [-0.05, 0) is 71.0 Å². The van der Waals surface area contributed by atoms with Crippen molar-refractivity contribution in [2.24, 2.45) is 0 Å². The Morgan fingerprint density at radius 2 is 1.64 bits per heavy atom. The van der Waals surface area contributed by atoms with Crippen molar-refractivity contribution in [2.75, 3.05) is 25.1 Å². The first-order valence-corrected chi connectivity index (χ1v) is 15.0. The van der Waals surface area contributed by atoms with Crippen LogP contribution in [0.25, 0.3) is 11.0 Å². The molecule has 42 heavy (non-hydrogen) atoms. The highest BCUT2D eigenvalue weighted by Gasteiger charge is 2.30. The number of halogens is 2. The Morgan fingerprint density at radius 1 is 0.976 bits per heavy atom. The Kier molecular flexibility index (Phi) is 9.55. The summed E-state index contributed by atoms with van der Waals surface area (Å²) >= 11 is 0. The van der Waals surface area contributed by atoms with Gasteiger partial charge in [0.15, 0.2) is 0 Å². The van der Waals surface area contributed by atoms with Gasteiger partial charge in [-0.25, -0.2) is 18.6 Å². The van der Waals surface area contributed by atoms with Crippen molar-refractivity contribution < 1.29 is 36.7 Å². The molecule has 0 saturated carbocycles. The van der Waals surface area contributed by atoms with Crippen LogP contribution >= 0.6 is 7.60 Å². The fraction of sp³-hybridized carbons (Fsp3) is 0.357. The second kappa shape index (κ2) is 12.9. The van der Waals surface area contributed by atoms with E-state index in [1.54, 1.807) is 39.8 Å². The lowest BCUT2D eigenvalue weighted by Crippen LogP contribution is -2.21. The summed E-state index contributed by atoms with van der Waals surface area (Å²) in [6.45, 7) is 8.68. The van der Waals surface area contributed by atoms with Gasteiger partial charge in [0, 0.05) is 12.1 Å². The number of nitrogens with zero attached hydrogens (tertiary/aromatic N) is 4. The van der Waals surface area contributed by atoms with E-state index in [1.165, 1.54) is 21.4 Å². The van der Waals surface area contributed by atoms with E-state index in [-0.39, 0.29) is 53.4 Å². The third-order valence-corrected chi connectivity index (χ3v) is 8.36. The van der Waals surface area contributed by atoms with Gasteiger partial charge in [0.2, 0.25) is 5.95 Å². The fourth-order valence-electron chi connectivity index (χ4n) is 4.44. The van der Waals surface area contributed by atoms with Gasteiger partial charge in [-0.1, -0.05) is 0 Å². The number of hydrogen-bond acceptors (Lipinski definition) is 8. The number of imidazole rings is 1. The fourth-order valence-corrected chi connectivity index (χ4v) is 6.04. The van der Waals surface area contributed by atoms with Crippen LogP contribution in [0.2, 0.25) is 0 Å². The minimum atomic E-state index is -3.95. The Labute approximate surface area is 241 Å². The van der Waals surface area contributed by atoms with Crippen LogP contribution in [0.5, 0.6) is 0 Å². The SMILES string of the molecule is CCOC(=O)c1ccc2c(c1)nc(NC(=O)c1cc(C)nn1CC)n2Cc1c(F)cc(P(=O)(OCC)OCC)cc1F. The third kappa shape index (κ3) is 6.28. The third-order valence-electron chi connectivity index (χ3n) is 6.28. The van der Waals surface area contributed by atoms with Crippen LogP contribution in [0.3, 0.4) is 0 Å². The van der Waals surface area contributed by atoms with Crippen molar-refractivity contribution in [1.29, 1.82) is 0 Å². The first-order chi connectivity index (χ1) is 20.0. The second-order valence-electron chi connectivity index (χ2n) is 9.11. The van der Waals surface area contributed by atoms with Crippen LogP contribution in [0, 0.1) is 18.6 Å². The molecule has 1 N–H and O–H groups in total. The normalized spacial score (nSPS) is 11.7. The van der Waals surface area contributed by atoms with Crippen LogP contribution in [-0.2, 0) is 31.4 Å². The molecule has 2 aromatic heterocycles. The molecule has 11 nitrogen and oxygen atoms in total. The summed E-state index contributed by atoms with van der Waals surface area (Å²) < 4.78 is 62.5. The highest BCUT2D eigenvalue weighted by atomic mass is 31.2. The van der Waals surface area contributed by atoms with E-state index < -0.39 is 37.7 Å². The smallest absolute Gasteiger partial charge is 0.361 e. The maximum Gasteiger partial charge on any atom is 0.361 e. The zero-order valence-electron chi connectivity index (χ0n) is 23.9. The highest BCUT2D eigenvalue weighted by Crippen LogP contribution is 2.47. The number of hydrogen-bond donors (Lipinski definition) is 1. The van der Waals surface area contributed by atoms with Crippen molar-refractivity contribution in [3.63, 3.8) is 0 Å². The van der Waals surface area contributed by atoms with E-state index >= 15 is 8.78 Å². The Hall–Kier alpha value is -3.93. The van der Waals surface area contributed by atoms with Gasteiger partial charge in [0.1, 0.15) is 17.3 Å². The molecule has 4 rings (SSSR count). The van der Waals surface area contributed by atoms with Crippen LogP contribution in [0.15, 0.2) is 36.4 Å². The number of amides is 1. The molecule has 4 aromatic rings. The summed E-state index contributed by atoms with van der Waals surface area (Å²) in [4.78, 5) is 30.0. The number of ether oxygens (including phenoxy) is 1. The molecule has 0 unspecified atom stereocenters. The van der Waals surface area contributed by atoms with Crippen molar-refractivity contribution >= 4 is 41.8 Å². The molecule has 0 aliphatic rings. The minimum Gasteiger partial charge on any atom is -0.462 e. The first-order valence-electron chi connectivity index (χ1n) is 13.5. The first kappa shape index (κ1) is 31.0. The molecule has 2 aromatic carbocycles. The monoisotopic (exact) mass is 603 g/mol. The molecule has 0 bridgehead atoms. The molecule has 0 radical (unpaired) electrons. The lowest BCUT2D eigenvalue weighted by Gasteiger charge is -2.18. The van der Waals surface area contributed by atoms with Crippen molar-refractivity contribution in [1.82, 2.24) is 19.3 Å². The van der Waals surface area contributed by atoms with E-state index in [0.29, 0.717) is 17.8 Å². The zero-order chi connectivity index (χ0) is 30.6. The van der Waals surface area contributed by atoms with Crippen molar-refractivity contribution in [3.05, 3.63) is 70.5 Å². The number of nitrogens with one attached hydrogen (secondary N) is 1. The van der Waals surface area contributed by atoms with Gasteiger partial charge in [0.25, 0.3) is 5.91 Å². The van der Waals surface area contributed by atoms with Crippen molar-refractivity contribution in [3.8, 4) is 0 Å². The zero-order valence-corrected chi connectivity index (χ0v) is 24.8. The largest absolute Gasteiger partial charge is 0.462 e. The number of rotatable bonds is 12. The molecular formula is C28H32F2N5O6P. The van der Waals surface area contributed by atoms with E-state index in [0.717, 1.165) is 12.1 Å². The van der Waals surface area contributed by atoms with Gasteiger partial charge in [0.05, 0.1) is 54.0 Å². The average molecular weight is 604 g/mol. The van der Waals surface area contributed by atoms with Gasteiger partial charge in [-0.15, -0.1) is 0 Å². The number of benzene rings is 2. The molecule has 14 heteroatoms. The summed E-state index contributed by atoms with van der Waals surface area (Å²) in [6, 6.07) is 7.96. The number of fused-ring (bicyclic) bond motifs is 1. The number of carbonyl (C=O) groups is 2. The molecular weight excluding hydrogens is 571 g/mol. The lowest BCUT2D eigenvalue weighted by atomic mass is 10.1. The van der Waals surface area contributed by atoms with Gasteiger partial charge in [-0.2, -0.15) is 5.10 Å². The average Bonchev–Trinajstić information content (AvgIpc) is 3.49. The molecule has 0 aliphatic heterocycles. The Bertz CT molecular complexity index is 1650. The number of carbonyl (C=O) groups excluding carboxylic acids is 2. The van der Waals surface area contributed by atoms with E-state index in [2.05, 4.69) is 15.4 Å². The van der Waals surface area contributed by atoms with Crippen LogP contribution < -0.4 is 10.6 Å². The number of anilines is 1. The van der Waals surface area contributed by atoms with E-state index in [9.17, 15) is 14.2 Å². The number of esters is 1. The summed E-state index contributed by atoms with van der Waals surface area (Å²) in [5, 5.41) is 6.74. The summed E-state index contributed by atoms with van der Waals surface area (Å²) in [5.41, 5.74) is 1.41. The standard InChI is InChI=1S/C28H32F2N5O6P/c1-6-35-25(12-17(5)33-35)26(36)32-28-31-23-13-18(27(37)39-7-2)10-11-24(23)34(28)16-20-21(29)14-19(15-22(20)30)42(38,40-8-3)41-9-4/h10-15H,6-9,16H2,1-5H3,(H,31,32,36). The lowest BCUT2D eigenvalue weighted by molar-refractivity contribution is 0.0526. The summed E-state index contributed by atoms with van der Waals surface area (Å²) in [7, 11) is -3.95. The number of aromatic nitrogens is 4. The van der Waals surface area contributed by atoms with Crippen molar-refractivity contribution in [2.45, 2.75) is 47.7 Å². The van der Waals surface area contributed by atoms with Gasteiger partial charge < -0.3 is 18.4 Å². The van der Waals surface area contributed by atoms with E-state index in [4.69, 9.17) is 13.8 Å². The minimum absolute atomic E-state index is 0.0105. The topological polar surface area (TPSA) is 127 Å². The molecule has 0 fully saturated rings. The van der Waals surface area contributed by atoms with E-state index in [1.807, 2.05) is 6.92 Å². The molecule has 0 atom stereocenters. The predicted octanol–water partition coefficient (Wildman–Crippen LogP) is 5.21. The van der Waals surface area contributed by atoms with Crippen LogP contribution in [-0.4, -0.2) is 51.0 Å². The maximum absolute atomic E-state index is 15.5. The maximum atomic E-state index is 15.5. The molecule has 224 valence electrons. The molecule has 0 saturated heterocycles. The van der Waals surface area contributed by atoms with Crippen LogP contribution in [0.1, 0.15) is 59.8 Å². The summed E-state index contributed by atoms with van der Waals surface area (Å²) in [5.74, 6) is -3.11. The summed E-state index contributed by atoms with van der Waals surface area (Å²) in [6.07, 6.45) is 0. The van der Waals surface area contributed by atoms with Gasteiger partial charge >= 0.3 is 13.6 Å². The Morgan fingerprint density at radius 3 is 2.24 bits per heavy atom. The number of aryl methyl sites for hydroxylation is 2. The Balaban J connectivity index is 1.80. The molecule has 0 aliphatic carbocycles. The quantitative estimate of drug-likeness (QED) is 0.173. The van der Waals surface area contributed by atoms with Gasteiger partial charge in [-0.3, -0.25) is 19.4 Å². The van der Waals surface area contributed by atoms with Crippen LogP contribution in [0.4, 0.5) is 14.7 Å². The highest BCUT2D eigenvalue weighted by molar-refractivity contribution is 7.62. The predicted molar refractivity (Wildman–Crippen MR) is 152 cm³/mol. The second-order valence-corrected chi connectivity index (χ2v) is 11.1. The molecule has 0 spiro atoms. The molecule has 2 heterocycles.